The summed E-state index contributed by atoms with van der Waals surface area (Å²) in [6.45, 7) is 14.8. The Balaban J connectivity index is 1.31. The van der Waals surface area contributed by atoms with Crippen LogP contribution in [0.1, 0.15) is 70.7 Å². The Hall–Kier alpha value is -6.13. The average Bonchev–Trinajstić information content (AvgIpc) is 3.90. The Morgan fingerprint density at radius 1 is 1.12 bits per heavy atom. The molecule has 0 spiro atoms. The number of aryl methyl sites for hydroxylation is 1. The van der Waals surface area contributed by atoms with Gasteiger partial charge >= 0.3 is 5.97 Å². The van der Waals surface area contributed by atoms with Crippen molar-refractivity contribution in [1.82, 2.24) is 35.1 Å². The number of likely N-dealkylation sites (N-methyl/N-ethyl adjacent to an activating group) is 1. The lowest BCUT2D eigenvalue weighted by molar-refractivity contribution is -0.155. The van der Waals surface area contributed by atoms with Crippen molar-refractivity contribution in [2.45, 2.75) is 98.0 Å². The largest absolute Gasteiger partial charge is 0.508 e. The fourth-order valence-electron chi connectivity index (χ4n) is 9.84. The second kappa shape index (κ2) is 19.8. The van der Waals surface area contributed by atoms with E-state index in [0.717, 1.165) is 27.7 Å². The number of carbonyl (C=O) groups excluding carboxylic acids is 5. The zero-order chi connectivity index (χ0) is 47.6. The summed E-state index contributed by atoms with van der Waals surface area (Å²) < 4.78 is 28.8. The first-order chi connectivity index (χ1) is 31.4. The zero-order valence-corrected chi connectivity index (χ0v) is 39.0. The van der Waals surface area contributed by atoms with Gasteiger partial charge in [-0.25, -0.2) is 9.82 Å². The van der Waals surface area contributed by atoms with Gasteiger partial charge in [0.1, 0.15) is 29.7 Å². The van der Waals surface area contributed by atoms with Crippen molar-refractivity contribution < 1.29 is 42.9 Å². The van der Waals surface area contributed by atoms with Crippen LogP contribution in [0.3, 0.4) is 0 Å². The number of cyclic esters (lactones) is 1. The highest BCUT2D eigenvalue weighted by molar-refractivity contribution is 5.96. The number of fused-ring (bicyclic) bond motifs is 6. The number of halogens is 1. The monoisotopic (exact) mass is 907 g/mol. The van der Waals surface area contributed by atoms with Gasteiger partial charge in [0, 0.05) is 68.6 Å². The molecule has 66 heavy (non-hydrogen) atoms. The number of likely N-dealkylation sites (tertiary alicyclic amines) is 1. The van der Waals surface area contributed by atoms with Crippen LogP contribution >= 0.6 is 0 Å². The number of nitrogens with zero attached hydrogens (tertiary/aromatic N) is 5. The first kappa shape index (κ1) is 47.8. The van der Waals surface area contributed by atoms with Crippen molar-refractivity contribution in [2.24, 2.45) is 17.3 Å². The summed E-state index contributed by atoms with van der Waals surface area (Å²) in [5.74, 6) is -3.56. The van der Waals surface area contributed by atoms with Crippen LogP contribution in [-0.4, -0.2) is 118 Å². The van der Waals surface area contributed by atoms with E-state index in [-0.39, 0.29) is 56.2 Å². The quantitative estimate of drug-likeness (QED) is 0.135. The number of pyridine rings is 1. The second-order valence-corrected chi connectivity index (χ2v) is 18.9. The Labute approximate surface area is 385 Å². The van der Waals surface area contributed by atoms with Crippen molar-refractivity contribution in [3.8, 4) is 28.1 Å². The number of hydrazine groups is 1. The molecule has 352 valence electrons. The van der Waals surface area contributed by atoms with Gasteiger partial charge in [0.25, 0.3) is 5.91 Å². The number of carbonyl (C=O) groups is 5. The molecule has 4 aromatic rings. The summed E-state index contributed by atoms with van der Waals surface area (Å²) in [5, 5.41) is 16.5. The number of esters is 1. The van der Waals surface area contributed by atoms with Gasteiger partial charge in [0.2, 0.25) is 17.7 Å². The maximum absolute atomic E-state index is 15.1. The third-order valence-corrected chi connectivity index (χ3v) is 13.0. The van der Waals surface area contributed by atoms with Crippen molar-refractivity contribution in [3.63, 3.8) is 0 Å². The van der Waals surface area contributed by atoms with Gasteiger partial charge in [-0.1, -0.05) is 46.4 Å². The topological polar surface area (TPSA) is 176 Å². The number of phenols is 1. The van der Waals surface area contributed by atoms with Gasteiger partial charge in [-0.05, 0) is 97.2 Å². The van der Waals surface area contributed by atoms with Crippen molar-refractivity contribution in [1.29, 1.82) is 0 Å². The Bertz CT molecular complexity index is 2540. The smallest absolute Gasteiger partial charge is 0.324 e. The molecule has 15 nitrogen and oxygen atoms in total. The molecule has 0 radical (unpaired) electrons. The lowest BCUT2D eigenvalue weighted by Crippen LogP contribution is -2.62. The van der Waals surface area contributed by atoms with Gasteiger partial charge in [0.15, 0.2) is 0 Å². The molecule has 5 heterocycles. The van der Waals surface area contributed by atoms with Gasteiger partial charge < -0.3 is 34.3 Å². The van der Waals surface area contributed by atoms with E-state index in [2.05, 4.69) is 26.9 Å². The van der Waals surface area contributed by atoms with E-state index in [4.69, 9.17) is 9.47 Å². The first-order valence-electron chi connectivity index (χ1n) is 22.8. The number of hydrogen-bond acceptors (Lipinski definition) is 10. The van der Waals surface area contributed by atoms with E-state index in [1.165, 1.54) is 28.2 Å². The third-order valence-electron chi connectivity index (χ3n) is 13.0. The molecule has 4 amide bonds. The molecule has 3 aliphatic heterocycles. The number of nitrogens with one attached hydrogen (secondary N) is 2. The highest BCUT2D eigenvalue weighted by atomic mass is 19.1. The van der Waals surface area contributed by atoms with Crippen LogP contribution in [0.15, 0.2) is 61.3 Å². The number of aromatic nitrogens is 2. The predicted molar refractivity (Wildman–Crippen MR) is 247 cm³/mol. The molecule has 6 bridgehead atoms. The first-order valence-corrected chi connectivity index (χ1v) is 22.8. The minimum Gasteiger partial charge on any atom is -0.508 e. The maximum Gasteiger partial charge on any atom is 0.324 e. The standard InChI is InChI=1S/C50H62FN7O8/c1-9-43(60)56-17-15-32(26-56)47(62)55(7)44(29(3)4)46(61)53-40-20-30-18-33(21-35(59)19-30)31-13-14-42-36(22-31)38(45(57(42)10-2)37-23-34(51)25-52-41(37)27-65-8)24-50(5,6)28-66-49(64)39-12-11-16-58(54-39)48(40)63/h9,13-14,18-19,21-23,25,29,32,39-40,44,54,59H,1,10-12,15-17,20,24,26-28H2,2-8H3,(H,53,61)/t32-,39-,40?,44-/m0/s1. The van der Waals surface area contributed by atoms with Crippen LogP contribution in [0.5, 0.6) is 5.75 Å². The molecule has 2 aromatic carbocycles. The average molecular weight is 908 g/mol. The molecule has 2 aromatic heterocycles. The van der Waals surface area contributed by atoms with Crippen LogP contribution in [0.2, 0.25) is 0 Å². The van der Waals surface area contributed by atoms with Crippen LogP contribution in [0.25, 0.3) is 33.3 Å². The highest BCUT2D eigenvalue weighted by Crippen LogP contribution is 2.41. The molecule has 3 N–H and O–H groups in total. The van der Waals surface area contributed by atoms with Gasteiger partial charge in [-0.2, -0.15) is 0 Å². The number of phenolic OH excluding ortho intramolecular Hbond substituents is 1. The van der Waals surface area contributed by atoms with E-state index >= 15 is 4.39 Å². The molecule has 2 saturated heterocycles. The zero-order valence-electron chi connectivity index (χ0n) is 39.0. The molecule has 16 heteroatoms. The molecule has 3 aliphatic rings. The second-order valence-electron chi connectivity index (χ2n) is 18.9. The molecule has 0 saturated carbocycles. The van der Waals surface area contributed by atoms with E-state index < -0.39 is 53.1 Å². The number of amides is 4. The van der Waals surface area contributed by atoms with E-state index in [9.17, 15) is 29.1 Å². The predicted octanol–water partition coefficient (Wildman–Crippen LogP) is 5.55. The van der Waals surface area contributed by atoms with Gasteiger partial charge in [0.05, 0.1) is 36.7 Å². The number of rotatable bonds is 10. The SMILES string of the molecule is C=CC(=O)N1CC[C@H](C(=O)N(C)[C@H](C(=O)NC2Cc3cc(O)cc(c3)-c3ccc4c(c3)c(c(-c3cc(F)cnc3COC)n4CC)CC(C)(C)COC(=O)[C@@H]3CCCN(N3)C2=O)C(C)C)C1. The highest BCUT2D eigenvalue weighted by Gasteiger charge is 2.40. The summed E-state index contributed by atoms with van der Waals surface area (Å²) in [6.07, 6.45) is 4.10. The third kappa shape index (κ3) is 9.99. The number of ether oxygens (including phenoxy) is 2. The van der Waals surface area contributed by atoms with Crippen LogP contribution in [0, 0.1) is 23.1 Å². The number of methoxy groups -OCH3 is 1. The summed E-state index contributed by atoms with van der Waals surface area (Å²) in [5.41, 5.74) is 8.13. The lowest BCUT2D eigenvalue weighted by atomic mass is 9.84. The summed E-state index contributed by atoms with van der Waals surface area (Å²) in [4.78, 5) is 76.7. The normalized spacial score (nSPS) is 20.5. The number of benzene rings is 2. The molecule has 4 atom stereocenters. The fraction of sp³-hybridized carbons (Fsp3) is 0.480. The molecule has 1 unspecified atom stereocenters. The Morgan fingerprint density at radius 2 is 1.89 bits per heavy atom. The number of hydrogen-bond donors (Lipinski definition) is 3. The molecular weight excluding hydrogens is 846 g/mol. The van der Waals surface area contributed by atoms with Gasteiger partial charge in [-0.3, -0.25) is 34.0 Å². The summed E-state index contributed by atoms with van der Waals surface area (Å²) >= 11 is 0. The van der Waals surface area contributed by atoms with Crippen molar-refractivity contribution in [2.75, 3.05) is 40.4 Å². The Kier molecular flexibility index (Phi) is 14.3. The van der Waals surface area contributed by atoms with E-state index in [1.807, 2.05) is 58.9 Å². The van der Waals surface area contributed by atoms with Crippen LogP contribution in [-0.2, 0) is 59.4 Å². The molecule has 2 fully saturated rings. The fourth-order valence-corrected chi connectivity index (χ4v) is 9.84. The Morgan fingerprint density at radius 3 is 2.61 bits per heavy atom. The lowest BCUT2D eigenvalue weighted by Gasteiger charge is -2.37. The van der Waals surface area contributed by atoms with Gasteiger partial charge in [-0.15, -0.1) is 0 Å². The molecular formula is C50H62FN7O8. The van der Waals surface area contributed by atoms with Crippen LogP contribution < -0.4 is 10.7 Å². The minimum atomic E-state index is -1.19. The molecule has 0 aliphatic carbocycles. The van der Waals surface area contributed by atoms with Crippen molar-refractivity contribution in [3.05, 3.63) is 84.0 Å². The summed E-state index contributed by atoms with van der Waals surface area (Å²) in [6, 6.07) is 9.50. The maximum atomic E-state index is 15.1. The van der Waals surface area contributed by atoms with Crippen LogP contribution in [0.4, 0.5) is 4.39 Å². The van der Waals surface area contributed by atoms with E-state index in [0.29, 0.717) is 61.2 Å². The van der Waals surface area contributed by atoms with Crippen molar-refractivity contribution >= 4 is 40.5 Å². The van der Waals surface area contributed by atoms with E-state index in [1.54, 1.807) is 31.2 Å². The number of aromatic hydroxyl groups is 1. The minimum absolute atomic E-state index is 0.0309. The molecule has 7 rings (SSSR count). The summed E-state index contributed by atoms with van der Waals surface area (Å²) in [7, 11) is 3.13.